The van der Waals surface area contributed by atoms with E-state index in [2.05, 4.69) is 13.8 Å². The lowest BCUT2D eigenvalue weighted by molar-refractivity contribution is 0.175. The second kappa shape index (κ2) is 3.63. The molecule has 0 N–H and O–H groups in total. The Balaban J connectivity index is 2.10. The first kappa shape index (κ1) is 9.55. The van der Waals surface area contributed by atoms with Gasteiger partial charge in [0.25, 0.3) is 0 Å². The van der Waals surface area contributed by atoms with Crippen LogP contribution in [0.25, 0.3) is 0 Å². The van der Waals surface area contributed by atoms with Crippen molar-refractivity contribution in [3.8, 4) is 0 Å². The Morgan fingerprint density at radius 3 is 2.38 bits per heavy atom. The molecule has 0 bridgehead atoms. The van der Waals surface area contributed by atoms with E-state index in [1.54, 1.807) is 0 Å². The predicted molar refractivity (Wildman–Crippen MR) is 57.5 cm³/mol. The quantitative estimate of drug-likeness (QED) is 0.591. The van der Waals surface area contributed by atoms with Crippen LogP contribution in [0.5, 0.6) is 0 Å². The molecule has 0 saturated heterocycles. The first-order valence-electron chi connectivity index (χ1n) is 6.11. The van der Waals surface area contributed by atoms with Gasteiger partial charge in [-0.25, -0.2) is 0 Å². The Kier molecular flexibility index (Phi) is 2.67. The van der Waals surface area contributed by atoms with E-state index >= 15 is 0 Å². The molecule has 0 aromatic heterocycles. The minimum Gasteiger partial charge on any atom is -0.0648 e. The average Bonchev–Trinajstić information content (AvgIpc) is 2.73. The molecular weight excluding hydrogens is 156 g/mol. The molecule has 75 valence electrons. The maximum Gasteiger partial charge on any atom is -0.0236 e. The minimum atomic E-state index is 0.751. The van der Waals surface area contributed by atoms with E-state index in [1.165, 1.54) is 51.4 Å². The molecule has 0 spiro atoms. The van der Waals surface area contributed by atoms with Gasteiger partial charge in [-0.05, 0) is 42.9 Å². The normalized spacial score (nSPS) is 34.2. The summed E-state index contributed by atoms with van der Waals surface area (Å²) in [5, 5.41) is 0. The van der Waals surface area contributed by atoms with E-state index in [0.29, 0.717) is 0 Å². The molecule has 1 radical (unpaired) electrons. The molecule has 2 saturated carbocycles. The van der Waals surface area contributed by atoms with Crippen LogP contribution in [0, 0.1) is 17.3 Å². The standard InChI is InChI=1S/C13H23/c1-3-13(9-4-5-10-13)12-8-6-7-11(12)2/h12H,3-10H2,1-2H3. The molecule has 1 unspecified atom stereocenters. The summed E-state index contributed by atoms with van der Waals surface area (Å²) in [7, 11) is 0. The summed E-state index contributed by atoms with van der Waals surface area (Å²) < 4.78 is 0. The second-order valence-electron chi connectivity index (χ2n) is 5.21. The number of hydrogen-bond acceptors (Lipinski definition) is 0. The second-order valence-corrected chi connectivity index (χ2v) is 5.21. The summed E-state index contributed by atoms with van der Waals surface area (Å²) in [5.74, 6) is 2.82. The van der Waals surface area contributed by atoms with Gasteiger partial charge in [-0.1, -0.05) is 39.5 Å². The van der Waals surface area contributed by atoms with Gasteiger partial charge in [0.05, 0.1) is 0 Å². The molecule has 0 aromatic carbocycles. The van der Waals surface area contributed by atoms with Gasteiger partial charge in [-0.15, -0.1) is 0 Å². The van der Waals surface area contributed by atoms with Crippen molar-refractivity contribution in [3.63, 3.8) is 0 Å². The van der Waals surface area contributed by atoms with Crippen molar-refractivity contribution in [1.29, 1.82) is 0 Å². The molecule has 0 amide bonds. The molecule has 13 heavy (non-hydrogen) atoms. The molecule has 2 rings (SSSR count). The lowest BCUT2D eigenvalue weighted by atomic mass is 9.68. The van der Waals surface area contributed by atoms with Crippen molar-refractivity contribution in [1.82, 2.24) is 0 Å². The van der Waals surface area contributed by atoms with Gasteiger partial charge in [0.1, 0.15) is 0 Å². The molecular formula is C13H23. The Labute approximate surface area is 83.1 Å². The monoisotopic (exact) mass is 179 g/mol. The van der Waals surface area contributed by atoms with Gasteiger partial charge in [0.15, 0.2) is 0 Å². The minimum absolute atomic E-state index is 0.751. The van der Waals surface area contributed by atoms with Crippen LogP contribution in [-0.2, 0) is 0 Å². The van der Waals surface area contributed by atoms with Gasteiger partial charge in [0.2, 0.25) is 0 Å². The number of hydrogen-bond donors (Lipinski definition) is 0. The molecule has 0 heteroatoms. The van der Waals surface area contributed by atoms with Crippen LogP contribution in [0.4, 0.5) is 0 Å². The highest BCUT2D eigenvalue weighted by atomic mass is 14.5. The number of rotatable bonds is 2. The highest BCUT2D eigenvalue weighted by molar-refractivity contribution is 5.06. The van der Waals surface area contributed by atoms with Crippen LogP contribution in [0.3, 0.4) is 0 Å². The van der Waals surface area contributed by atoms with Crippen LogP contribution < -0.4 is 0 Å². The fourth-order valence-electron chi connectivity index (χ4n) is 3.86. The van der Waals surface area contributed by atoms with Gasteiger partial charge < -0.3 is 0 Å². The first-order chi connectivity index (χ1) is 6.28. The van der Waals surface area contributed by atoms with Gasteiger partial charge in [-0.2, -0.15) is 0 Å². The molecule has 0 aromatic rings. The van der Waals surface area contributed by atoms with Crippen molar-refractivity contribution in [2.45, 2.75) is 65.2 Å². The molecule has 0 aliphatic heterocycles. The maximum atomic E-state index is 2.41. The van der Waals surface area contributed by atoms with Crippen molar-refractivity contribution >= 4 is 0 Å². The summed E-state index contributed by atoms with van der Waals surface area (Å²) in [4.78, 5) is 0. The fraction of sp³-hybridized carbons (Fsp3) is 0.923. The topological polar surface area (TPSA) is 0 Å². The summed E-state index contributed by atoms with van der Waals surface area (Å²) in [6.45, 7) is 4.82. The Morgan fingerprint density at radius 2 is 1.92 bits per heavy atom. The average molecular weight is 179 g/mol. The van der Waals surface area contributed by atoms with Crippen LogP contribution >= 0.6 is 0 Å². The van der Waals surface area contributed by atoms with E-state index < -0.39 is 0 Å². The van der Waals surface area contributed by atoms with Gasteiger partial charge in [-0.3, -0.25) is 0 Å². The van der Waals surface area contributed by atoms with Crippen LogP contribution in [0.1, 0.15) is 65.2 Å². The van der Waals surface area contributed by atoms with E-state index in [9.17, 15) is 0 Å². The van der Waals surface area contributed by atoms with E-state index in [4.69, 9.17) is 0 Å². The molecule has 1 atom stereocenters. The summed E-state index contributed by atoms with van der Waals surface area (Å²) in [6, 6.07) is 0. The molecule has 2 aliphatic carbocycles. The van der Waals surface area contributed by atoms with Crippen molar-refractivity contribution in [2.24, 2.45) is 11.3 Å². The van der Waals surface area contributed by atoms with Gasteiger partial charge >= 0.3 is 0 Å². The SMILES string of the molecule is CCC1(C2CCC[C]2C)CCCC1. The third-order valence-electron chi connectivity index (χ3n) is 4.70. The third-order valence-corrected chi connectivity index (χ3v) is 4.70. The smallest absolute Gasteiger partial charge is 0.0236 e. The van der Waals surface area contributed by atoms with Crippen molar-refractivity contribution in [3.05, 3.63) is 5.92 Å². The zero-order valence-electron chi connectivity index (χ0n) is 9.23. The van der Waals surface area contributed by atoms with Crippen molar-refractivity contribution < 1.29 is 0 Å². The lowest BCUT2D eigenvalue weighted by Gasteiger charge is -2.37. The highest BCUT2D eigenvalue weighted by Crippen LogP contribution is 2.55. The van der Waals surface area contributed by atoms with Crippen molar-refractivity contribution in [2.75, 3.05) is 0 Å². The Hall–Kier alpha value is 0. The zero-order chi connectivity index (χ0) is 9.31. The summed E-state index contributed by atoms with van der Waals surface area (Å²) >= 11 is 0. The molecule has 0 nitrogen and oxygen atoms in total. The molecule has 2 aliphatic rings. The Bertz CT molecular complexity index is 165. The van der Waals surface area contributed by atoms with Crippen LogP contribution in [0.2, 0.25) is 0 Å². The third kappa shape index (κ3) is 1.53. The van der Waals surface area contributed by atoms with E-state index in [0.717, 1.165) is 11.3 Å². The zero-order valence-corrected chi connectivity index (χ0v) is 9.23. The molecule has 0 heterocycles. The van der Waals surface area contributed by atoms with E-state index in [1.807, 2.05) is 5.92 Å². The van der Waals surface area contributed by atoms with Crippen LogP contribution in [0.15, 0.2) is 0 Å². The summed E-state index contributed by atoms with van der Waals surface area (Å²) in [5.41, 5.74) is 0.751. The Morgan fingerprint density at radius 1 is 1.23 bits per heavy atom. The largest absolute Gasteiger partial charge is 0.0648 e. The van der Waals surface area contributed by atoms with E-state index in [-0.39, 0.29) is 0 Å². The first-order valence-corrected chi connectivity index (χ1v) is 6.11. The fourth-order valence-corrected chi connectivity index (χ4v) is 3.86. The van der Waals surface area contributed by atoms with Gasteiger partial charge in [0, 0.05) is 0 Å². The van der Waals surface area contributed by atoms with Crippen LogP contribution in [-0.4, -0.2) is 0 Å². The predicted octanol–water partition coefficient (Wildman–Crippen LogP) is 4.35. The highest BCUT2D eigenvalue weighted by Gasteiger charge is 2.43. The lowest BCUT2D eigenvalue weighted by Crippen LogP contribution is -2.27. The maximum absolute atomic E-state index is 2.41. The molecule has 2 fully saturated rings. The summed E-state index contributed by atoms with van der Waals surface area (Å²) in [6.07, 6.45) is 11.9.